The molecule has 0 unspecified atom stereocenters. The predicted octanol–water partition coefficient (Wildman–Crippen LogP) is 1.44. The Morgan fingerprint density at radius 2 is 2.06 bits per heavy atom. The molecule has 0 aromatic carbocycles. The van der Waals surface area contributed by atoms with Crippen molar-refractivity contribution in [1.82, 2.24) is 19.7 Å². The number of nitrogens with one attached hydrogen (secondary N) is 1. The summed E-state index contributed by atoms with van der Waals surface area (Å²) in [7, 11) is 0. The van der Waals surface area contributed by atoms with E-state index >= 15 is 0 Å². The zero-order chi connectivity index (χ0) is 12.6. The lowest BCUT2D eigenvalue weighted by Crippen LogP contribution is -2.20. The minimum atomic E-state index is -0.0810. The number of nitrogens with zero attached hydrogens (tertiary/aromatic N) is 3. The van der Waals surface area contributed by atoms with Crippen molar-refractivity contribution < 1.29 is 0 Å². The Kier molecular flexibility index (Phi) is 2.83. The van der Waals surface area contributed by atoms with Gasteiger partial charge in [0.1, 0.15) is 0 Å². The van der Waals surface area contributed by atoms with Crippen molar-refractivity contribution in [2.75, 3.05) is 0 Å². The van der Waals surface area contributed by atoms with Crippen molar-refractivity contribution in [3.05, 3.63) is 39.1 Å². The van der Waals surface area contributed by atoms with Gasteiger partial charge in [-0.1, -0.05) is 6.92 Å². The molecule has 0 spiro atoms. The highest BCUT2D eigenvalue weighted by Gasteiger charge is 2.10. The summed E-state index contributed by atoms with van der Waals surface area (Å²) in [6.45, 7) is 7.64. The third-order valence-corrected chi connectivity index (χ3v) is 2.77. The van der Waals surface area contributed by atoms with E-state index in [1.807, 2.05) is 33.8 Å². The number of aromatic nitrogens is 4. The normalized spacial score (nSPS) is 10.8. The van der Waals surface area contributed by atoms with Gasteiger partial charge in [0.05, 0.1) is 5.69 Å². The minimum Gasteiger partial charge on any atom is -0.291 e. The standard InChI is InChI=1S/C12H16N4O/c1-5-10-9(4)13-12(14-11(10)17)16-8(3)6-7(2)15-16/h6H,5H2,1-4H3,(H,13,14,17). The Morgan fingerprint density at radius 3 is 2.53 bits per heavy atom. The molecule has 90 valence electrons. The Balaban J connectivity index is 2.62. The zero-order valence-electron chi connectivity index (χ0n) is 10.5. The smallest absolute Gasteiger partial charge is 0.255 e. The Labute approximate surface area is 99.5 Å². The van der Waals surface area contributed by atoms with E-state index in [-0.39, 0.29) is 5.56 Å². The molecule has 0 aliphatic rings. The van der Waals surface area contributed by atoms with Gasteiger partial charge in [-0.05, 0) is 33.3 Å². The van der Waals surface area contributed by atoms with E-state index in [0.29, 0.717) is 12.4 Å². The number of hydrogen-bond acceptors (Lipinski definition) is 3. The fourth-order valence-corrected chi connectivity index (χ4v) is 1.96. The van der Waals surface area contributed by atoms with Gasteiger partial charge in [0.25, 0.3) is 5.56 Å². The fraction of sp³-hybridized carbons (Fsp3) is 0.417. The minimum absolute atomic E-state index is 0.0810. The second kappa shape index (κ2) is 4.16. The molecule has 0 saturated heterocycles. The van der Waals surface area contributed by atoms with Crippen molar-refractivity contribution >= 4 is 0 Å². The van der Waals surface area contributed by atoms with Gasteiger partial charge in [-0.2, -0.15) is 5.10 Å². The lowest BCUT2D eigenvalue weighted by molar-refractivity contribution is 0.755. The van der Waals surface area contributed by atoms with Gasteiger partial charge in [-0.3, -0.25) is 9.78 Å². The molecule has 0 aliphatic heterocycles. The summed E-state index contributed by atoms with van der Waals surface area (Å²) in [5, 5.41) is 4.30. The third-order valence-electron chi connectivity index (χ3n) is 2.77. The topological polar surface area (TPSA) is 63.6 Å². The van der Waals surface area contributed by atoms with E-state index in [1.165, 1.54) is 0 Å². The molecule has 0 aliphatic carbocycles. The number of hydrogen-bond donors (Lipinski definition) is 1. The van der Waals surface area contributed by atoms with Crippen LogP contribution in [0.4, 0.5) is 0 Å². The number of H-pyrrole nitrogens is 1. The summed E-state index contributed by atoms with van der Waals surface area (Å²) >= 11 is 0. The first-order valence-corrected chi connectivity index (χ1v) is 5.66. The van der Waals surface area contributed by atoms with Crippen molar-refractivity contribution in [3.63, 3.8) is 0 Å². The first-order chi connectivity index (χ1) is 8.02. The van der Waals surface area contributed by atoms with Crippen LogP contribution in [0.3, 0.4) is 0 Å². The molecule has 0 saturated carbocycles. The first-order valence-electron chi connectivity index (χ1n) is 5.66. The Hall–Kier alpha value is -1.91. The zero-order valence-corrected chi connectivity index (χ0v) is 10.5. The maximum absolute atomic E-state index is 11.8. The van der Waals surface area contributed by atoms with Crippen LogP contribution in [-0.4, -0.2) is 19.7 Å². The average Bonchev–Trinajstić information content (AvgIpc) is 2.57. The van der Waals surface area contributed by atoms with E-state index in [2.05, 4.69) is 15.1 Å². The molecule has 0 radical (unpaired) electrons. The van der Waals surface area contributed by atoms with Crippen LogP contribution in [0.25, 0.3) is 5.95 Å². The molecule has 1 N–H and O–H groups in total. The maximum atomic E-state index is 11.8. The third kappa shape index (κ3) is 2.00. The van der Waals surface area contributed by atoms with Gasteiger partial charge in [-0.25, -0.2) is 9.67 Å². The monoisotopic (exact) mass is 232 g/mol. The van der Waals surface area contributed by atoms with E-state index in [9.17, 15) is 4.79 Å². The van der Waals surface area contributed by atoms with Crippen LogP contribution in [0.1, 0.15) is 29.6 Å². The van der Waals surface area contributed by atoms with Crippen molar-refractivity contribution in [3.8, 4) is 5.95 Å². The summed E-state index contributed by atoms with van der Waals surface area (Å²) < 4.78 is 1.66. The van der Waals surface area contributed by atoms with Gasteiger partial charge in [-0.15, -0.1) is 0 Å². The van der Waals surface area contributed by atoms with Crippen LogP contribution in [0.2, 0.25) is 0 Å². The molecule has 0 bridgehead atoms. The summed E-state index contributed by atoms with van der Waals surface area (Å²) in [6, 6.07) is 1.95. The van der Waals surface area contributed by atoms with Crippen LogP contribution < -0.4 is 5.56 Å². The second-order valence-electron chi connectivity index (χ2n) is 4.15. The number of aromatic amines is 1. The van der Waals surface area contributed by atoms with Crippen LogP contribution in [-0.2, 0) is 6.42 Å². The molecule has 0 atom stereocenters. The van der Waals surface area contributed by atoms with Crippen molar-refractivity contribution in [2.45, 2.75) is 34.1 Å². The van der Waals surface area contributed by atoms with Gasteiger partial charge in [0, 0.05) is 17.0 Å². The average molecular weight is 232 g/mol. The molecule has 5 nitrogen and oxygen atoms in total. The molecule has 5 heteroatoms. The molecule has 2 aromatic heterocycles. The van der Waals surface area contributed by atoms with E-state index in [0.717, 1.165) is 22.6 Å². The predicted molar refractivity (Wildman–Crippen MR) is 65.6 cm³/mol. The summed E-state index contributed by atoms with van der Waals surface area (Å²) in [6.07, 6.45) is 0.686. The van der Waals surface area contributed by atoms with Crippen LogP contribution in [0.5, 0.6) is 0 Å². The number of rotatable bonds is 2. The Bertz CT molecular complexity index is 609. The number of aryl methyl sites for hydroxylation is 3. The van der Waals surface area contributed by atoms with Crippen molar-refractivity contribution in [1.29, 1.82) is 0 Å². The highest BCUT2D eigenvalue weighted by molar-refractivity contribution is 5.24. The van der Waals surface area contributed by atoms with Gasteiger partial charge >= 0.3 is 0 Å². The SMILES string of the molecule is CCc1c(C)nc(-n2nc(C)cc2C)[nH]c1=O. The second-order valence-corrected chi connectivity index (χ2v) is 4.15. The summed E-state index contributed by atoms with van der Waals surface area (Å²) in [5.74, 6) is 0.482. The van der Waals surface area contributed by atoms with E-state index in [4.69, 9.17) is 0 Å². The molecule has 2 aromatic rings. The van der Waals surface area contributed by atoms with Gasteiger partial charge < -0.3 is 0 Å². The highest BCUT2D eigenvalue weighted by Crippen LogP contribution is 2.08. The lowest BCUT2D eigenvalue weighted by atomic mass is 10.2. The van der Waals surface area contributed by atoms with E-state index in [1.54, 1.807) is 4.68 Å². The maximum Gasteiger partial charge on any atom is 0.255 e. The quantitative estimate of drug-likeness (QED) is 0.852. The van der Waals surface area contributed by atoms with E-state index < -0.39 is 0 Å². The van der Waals surface area contributed by atoms with Crippen LogP contribution in [0.15, 0.2) is 10.9 Å². The van der Waals surface area contributed by atoms with Crippen LogP contribution >= 0.6 is 0 Å². The molecule has 17 heavy (non-hydrogen) atoms. The molecule has 2 rings (SSSR count). The largest absolute Gasteiger partial charge is 0.291 e. The molecular formula is C12H16N4O. The molecule has 0 amide bonds. The van der Waals surface area contributed by atoms with Gasteiger partial charge in [0.2, 0.25) is 5.95 Å². The molecule has 0 fully saturated rings. The van der Waals surface area contributed by atoms with Crippen LogP contribution in [0, 0.1) is 20.8 Å². The Morgan fingerprint density at radius 1 is 1.35 bits per heavy atom. The molecule has 2 heterocycles. The molecular weight excluding hydrogens is 216 g/mol. The first kappa shape index (κ1) is 11.6. The lowest BCUT2D eigenvalue weighted by Gasteiger charge is -2.06. The highest BCUT2D eigenvalue weighted by atomic mass is 16.1. The van der Waals surface area contributed by atoms with Gasteiger partial charge in [0.15, 0.2) is 0 Å². The summed E-state index contributed by atoms with van der Waals surface area (Å²) in [5.41, 5.74) is 3.27. The summed E-state index contributed by atoms with van der Waals surface area (Å²) in [4.78, 5) is 19.0. The fourth-order valence-electron chi connectivity index (χ4n) is 1.96. The van der Waals surface area contributed by atoms with Crippen molar-refractivity contribution in [2.24, 2.45) is 0 Å².